The molecule has 0 bridgehead atoms. The molecule has 0 aliphatic rings. The summed E-state index contributed by atoms with van der Waals surface area (Å²) in [7, 11) is 2.89. The van der Waals surface area contributed by atoms with Crippen molar-refractivity contribution in [1.82, 2.24) is 15.5 Å². The lowest BCUT2D eigenvalue weighted by atomic mass is 10.3. The largest absolute Gasteiger partial charge is 0.480 e. The van der Waals surface area contributed by atoms with Gasteiger partial charge >= 0.3 is 12.0 Å². The first-order chi connectivity index (χ1) is 7.40. The number of carboxylic acid groups (broad SMARTS) is 1. The molecule has 0 aliphatic heterocycles. The van der Waals surface area contributed by atoms with E-state index < -0.39 is 18.0 Å². The van der Waals surface area contributed by atoms with Crippen LogP contribution in [0.2, 0.25) is 0 Å². The van der Waals surface area contributed by atoms with Crippen LogP contribution >= 0.6 is 0 Å². The minimum absolute atomic E-state index is 0.164. The molecule has 0 fully saturated rings. The van der Waals surface area contributed by atoms with Gasteiger partial charge in [-0.05, 0) is 6.92 Å². The molecule has 0 aromatic heterocycles. The zero-order valence-corrected chi connectivity index (χ0v) is 9.61. The molecule has 0 heterocycles. The van der Waals surface area contributed by atoms with Crippen LogP contribution in [0.25, 0.3) is 0 Å². The van der Waals surface area contributed by atoms with Gasteiger partial charge in [0.15, 0.2) is 0 Å². The van der Waals surface area contributed by atoms with Crippen LogP contribution in [-0.2, 0) is 9.59 Å². The minimum atomic E-state index is -1.08. The number of hydrogen-bond donors (Lipinski definition) is 3. The highest BCUT2D eigenvalue weighted by molar-refractivity contribution is 5.82. The number of amides is 3. The molecule has 0 saturated heterocycles. The first-order valence-corrected chi connectivity index (χ1v) is 4.84. The molecule has 7 heteroatoms. The van der Waals surface area contributed by atoms with E-state index in [1.807, 2.05) is 0 Å². The van der Waals surface area contributed by atoms with E-state index in [-0.39, 0.29) is 18.9 Å². The summed E-state index contributed by atoms with van der Waals surface area (Å²) in [6.45, 7) is 1.58. The number of nitrogens with one attached hydrogen (secondary N) is 2. The molecule has 16 heavy (non-hydrogen) atoms. The molecule has 0 rings (SSSR count). The Hall–Kier alpha value is -1.79. The van der Waals surface area contributed by atoms with Crippen molar-refractivity contribution in [2.75, 3.05) is 20.6 Å². The lowest BCUT2D eigenvalue weighted by molar-refractivity contribution is -0.141. The van der Waals surface area contributed by atoms with E-state index in [2.05, 4.69) is 10.6 Å². The van der Waals surface area contributed by atoms with E-state index in [1.54, 1.807) is 0 Å². The number of carboxylic acids is 1. The van der Waals surface area contributed by atoms with Crippen LogP contribution in [0.15, 0.2) is 0 Å². The van der Waals surface area contributed by atoms with Gasteiger partial charge in [0.2, 0.25) is 5.91 Å². The Morgan fingerprint density at radius 2 is 1.94 bits per heavy atom. The first kappa shape index (κ1) is 14.2. The van der Waals surface area contributed by atoms with Gasteiger partial charge in [-0.2, -0.15) is 0 Å². The van der Waals surface area contributed by atoms with Gasteiger partial charge in [-0.25, -0.2) is 9.59 Å². The highest BCUT2D eigenvalue weighted by atomic mass is 16.4. The third-order valence-corrected chi connectivity index (χ3v) is 2.17. The quantitative estimate of drug-likeness (QED) is 0.579. The zero-order valence-electron chi connectivity index (χ0n) is 9.61. The second-order valence-corrected chi connectivity index (χ2v) is 3.28. The topological polar surface area (TPSA) is 98.7 Å². The number of hydrogen-bond acceptors (Lipinski definition) is 3. The van der Waals surface area contributed by atoms with Crippen LogP contribution < -0.4 is 10.6 Å². The fraction of sp³-hybridized carbons (Fsp3) is 0.667. The minimum Gasteiger partial charge on any atom is -0.480 e. The van der Waals surface area contributed by atoms with Crippen molar-refractivity contribution >= 4 is 17.9 Å². The molecule has 3 amide bonds. The van der Waals surface area contributed by atoms with Crippen LogP contribution in [0.4, 0.5) is 4.79 Å². The second-order valence-electron chi connectivity index (χ2n) is 3.28. The van der Waals surface area contributed by atoms with Crippen LogP contribution in [0.5, 0.6) is 0 Å². The van der Waals surface area contributed by atoms with Crippen molar-refractivity contribution in [1.29, 1.82) is 0 Å². The Morgan fingerprint density at radius 3 is 2.38 bits per heavy atom. The molecule has 92 valence electrons. The normalized spacial score (nSPS) is 11.4. The summed E-state index contributed by atoms with van der Waals surface area (Å²) in [6, 6.07) is -1.42. The lowest BCUT2D eigenvalue weighted by Crippen LogP contribution is -2.46. The van der Waals surface area contributed by atoms with Crippen LogP contribution in [0.3, 0.4) is 0 Å². The average Bonchev–Trinajstić information content (AvgIpc) is 2.26. The maximum Gasteiger partial charge on any atom is 0.326 e. The molecule has 0 saturated carbocycles. The van der Waals surface area contributed by atoms with Gasteiger partial charge in [0.25, 0.3) is 0 Å². The van der Waals surface area contributed by atoms with E-state index in [0.717, 1.165) is 4.90 Å². The number of likely N-dealkylation sites (N-methyl/N-ethyl adjacent to an activating group) is 1. The molecule has 0 aromatic rings. The van der Waals surface area contributed by atoms with Gasteiger partial charge in [-0.1, -0.05) is 0 Å². The van der Waals surface area contributed by atoms with Gasteiger partial charge in [0, 0.05) is 27.1 Å². The summed E-state index contributed by atoms with van der Waals surface area (Å²) in [5, 5.41) is 13.5. The summed E-state index contributed by atoms with van der Waals surface area (Å²) in [5.74, 6) is -1.27. The SMILES string of the molecule is CNC(=O)CCNC(=O)N(C)C(C)C(=O)O. The van der Waals surface area contributed by atoms with Gasteiger partial charge in [0.1, 0.15) is 6.04 Å². The summed E-state index contributed by atoms with van der Waals surface area (Å²) in [6.07, 6.45) is 0.164. The number of rotatable bonds is 5. The Morgan fingerprint density at radius 1 is 1.38 bits per heavy atom. The van der Waals surface area contributed by atoms with E-state index in [4.69, 9.17) is 5.11 Å². The van der Waals surface area contributed by atoms with Crippen molar-refractivity contribution < 1.29 is 19.5 Å². The van der Waals surface area contributed by atoms with Gasteiger partial charge in [-0.15, -0.1) is 0 Å². The average molecular weight is 231 g/mol. The fourth-order valence-corrected chi connectivity index (χ4v) is 0.874. The Bertz CT molecular complexity index is 280. The second kappa shape index (κ2) is 6.65. The number of carbonyl (C=O) groups excluding carboxylic acids is 2. The van der Waals surface area contributed by atoms with Gasteiger partial charge in [-0.3, -0.25) is 4.79 Å². The molecular weight excluding hydrogens is 214 g/mol. The predicted molar refractivity (Wildman–Crippen MR) is 56.9 cm³/mol. The summed E-state index contributed by atoms with van der Waals surface area (Å²) in [5.41, 5.74) is 0. The van der Waals surface area contributed by atoms with Crippen LogP contribution in [-0.4, -0.2) is 54.6 Å². The molecule has 1 unspecified atom stereocenters. The van der Waals surface area contributed by atoms with E-state index >= 15 is 0 Å². The van der Waals surface area contributed by atoms with Crippen molar-refractivity contribution in [3.8, 4) is 0 Å². The molecule has 0 radical (unpaired) electrons. The molecular formula is C9H17N3O4. The van der Waals surface area contributed by atoms with Crippen molar-refractivity contribution in [3.63, 3.8) is 0 Å². The summed E-state index contributed by atoms with van der Waals surface area (Å²) in [4.78, 5) is 33.9. The molecule has 0 spiro atoms. The first-order valence-electron chi connectivity index (χ1n) is 4.84. The number of nitrogens with zero attached hydrogens (tertiary/aromatic N) is 1. The maximum atomic E-state index is 11.4. The zero-order chi connectivity index (χ0) is 12.7. The van der Waals surface area contributed by atoms with Crippen LogP contribution in [0.1, 0.15) is 13.3 Å². The molecule has 1 atom stereocenters. The van der Waals surface area contributed by atoms with Gasteiger partial charge < -0.3 is 20.6 Å². The monoisotopic (exact) mass is 231 g/mol. The number of aliphatic carboxylic acids is 1. The van der Waals surface area contributed by atoms with E-state index in [0.29, 0.717) is 0 Å². The summed E-state index contributed by atoms with van der Waals surface area (Å²) < 4.78 is 0. The van der Waals surface area contributed by atoms with E-state index in [1.165, 1.54) is 21.0 Å². The summed E-state index contributed by atoms with van der Waals surface area (Å²) >= 11 is 0. The van der Waals surface area contributed by atoms with Crippen LogP contribution in [0, 0.1) is 0 Å². The Kier molecular flexibility index (Phi) is 5.91. The van der Waals surface area contributed by atoms with Crippen molar-refractivity contribution in [2.24, 2.45) is 0 Å². The third-order valence-electron chi connectivity index (χ3n) is 2.17. The predicted octanol–water partition coefficient (Wildman–Crippen LogP) is -0.763. The highest BCUT2D eigenvalue weighted by Gasteiger charge is 2.21. The fourth-order valence-electron chi connectivity index (χ4n) is 0.874. The highest BCUT2D eigenvalue weighted by Crippen LogP contribution is 1.95. The maximum absolute atomic E-state index is 11.4. The van der Waals surface area contributed by atoms with Crippen molar-refractivity contribution in [3.05, 3.63) is 0 Å². The van der Waals surface area contributed by atoms with E-state index in [9.17, 15) is 14.4 Å². The number of carbonyl (C=O) groups is 3. The van der Waals surface area contributed by atoms with Crippen molar-refractivity contribution in [2.45, 2.75) is 19.4 Å². The molecule has 0 aliphatic carbocycles. The number of urea groups is 1. The molecule has 7 nitrogen and oxygen atoms in total. The Labute approximate surface area is 93.8 Å². The van der Waals surface area contributed by atoms with Gasteiger partial charge in [0.05, 0.1) is 0 Å². The standard InChI is InChI=1S/C9H17N3O4/c1-6(8(14)15)12(3)9(16)11-5-4-7(13)10-2/h6H,4-5H2,1-3H3,(H,10,13)(H,11,16)(H,14,15). The molecule has 0 aromatic carbocycles. The molecule has 3 N–H and O–H groups in total. The third kappa shape index (κ3) is 4.63. The lowest BCUT2D eigenvalue weighted by Gasteiger charge is -2.21. The Balaban J connectivity index is 3.97. The smallest absolute Gasteiger partial charge is 0.326 e.